The molecule has 1 aliphatic rings. The molecule has 1 aliphatic heterocycles. The summed E-state index contributed by atoms with van der Waals surface area (Å²) in [7, 11) is 0. The molecule has 0 amide bonds. The van der Waals surface area contributed by atoms with Gasteiger partial charge in [-0.05, 0) is 50.9 Å². The van der Waals surface area contributed by atoms with Crippen LogP contribution < -0.4 is 0 Å². The Morgan fingerprint density at radius 2 is 2.19 bits per heavy atom. The van der Waals surface area contributed by atoms with E-state index in [-0.39, 0.29) is 12.7 Å². The molecule has 0 aliphatic carbocycles. The minimum absolute atomic E-state index is 0.217. The molecule has 0 bridgehead atoms. The van der Waals surface area contributed by atoms with Crippen molar-refractivity contribution in [2.75, 3.05) is 13.2 Å². The molecule has 4 heterocycles. The molecule has 0 radical (unpaired) electrons. The van der Waals surface area contributed by atoms with E-state index in [1.54, 1.807) is 4.68 Å². The van der Waals surface area contributed by atoms with Gasteiger partial charge in [-0.15, -0.1) is 0 Å². The third kappa shape index (κ3) is 3.41. The first-order valence-electron chi connectivity index (χ1n) is 8.96. The van der Waals surface area contributed by atoms with Crippen molar-refractivity contribution in [2.24, 2.45) is 0 Å². The molecule has 1 atom stereocenters. The van der Waals surface area contributed by atoms with Gasteiger partial charge in [0.25, 0.3) is 0 Å². The second-order valence-electron chi connectivity index (χ2n) is 6.64. The average Bonchev–Trinajstić information content (AvgIpc) is 3.40. The van der Waals surface area contributed by atoms with Crippen LogP contribution >= 0.6 is 0 Å². The molecular formula is C18H22FN5O2. The second-order valence-corrected chi connectivity index (χ2v) is 6.64. The highest BCUT2D eigenvalue weighted by molar-refractivity contribution is 5.51. The fourth-order valence-electron chi connectivity index (χ4n) is 3.51. The molecule has 26 heavy (non-hydrogen) atoms. The van der Waals surface area contributed by atoms with Gasteiger partial charge >= 0.3 is 0 Å². The number of alkyl halides is 1. The van der Waals surface area contributed by atoms with Crippen LogP contribution in [0.1, 0.15) is 42.5 Å². The maximum atomic E-state index is 12.3. The van der Waals surface area contributed by atoms with Gasteiger partial charge in [-0.25, -0.2) is 4.63 Å². The van der Waals surface area contributed by atoms with Crippen molar-refractivity contribution < 1.29 is 13.4 Å². The van der Waals surface area contributed by atoms with E-state index in [1.165, 1.54) is 0 Å². The van der Waals surface area contributed by atoms with Crippen LogP contribution in [0.25, 0.3) is 11.5 Å². The molecule has 1 saturated heterocycles. The van der Waals surface area contributed by atoms with Crippen molar-refractivity contribution in [1.82, 2.24) is 25.0 Å². The topological polar surface area (TPSA) is 73.1 Å². The van der Waals surface area contributed by atoms with Crippen LogP contribution in [0.2, 0.25) is 0 Å². The zero-order valence-corrected chi connectivity index (χ0v) is 14.8. The highest BCUT2D eigenvalue weighted by Gasteiger charge is 2.30. The van der Waals surface area contributed by atoms with E-state index in [1.807, 2.05) is 31.3 Å². The lowest BCUT2D eigenvalue weighted by atomic mass is 10.1. The van der Waals surface area contributed by atoms with Crippen LogP contribution in [0.3, 0.4) is 0 Å². The number of halogens is 1. The predicted molar refractivity (Wildman–Crippen MR) is 91.9 cm³/mol. The van der Waals surface area contributed by atoms with Crippen molar-refractivity contribution in [3.8, 4) is 11.5 Å². The van der Waals surface area contributed by atoms with Crippen molar-refractivity contribution in [1.29, 1.82) is 0 Å². The Labute approximate surface area is 150 Å². The summed E-state index contributed by atoms with van der Waals surface area (Å²) in [4.78, 5) is 2.34. The quantitative estimate of drug-likeness (QED) is 0.642. The molecule has 7 nitrogen and oxygen atoms in total. The lowest BCUT2D eigenvalue weighted by molar-refractivity contribution is 0.216. The largest absolute Gasteiger partial charge is 0.458 e. The molecule has 0 aromatic carbocycles. The first kappa shape index (κ1) is 17.0. The normalized spacial score (nSPS) is 18.0. The van der Waals surface area contributed by atoms with Gasteiger partial charge in [-0.2, -0.15) is 5.10 Å². The van der Waals surface area contributed by atoms with Crippen LogP contribution in [0.4, 0.5) is 4.39 Å². The Morgan fingerprint density at radius 3 is 3.00 bits per heavy atom. The van der Waals surface area contributed by atoms with Crippen molar-refractivity contribution in [3.63, 3.8) is 0 Å². The standard InChI is InChI=1S/C18H22FN5O2/c1-13-18(22-26-21-13)16-4-2-9-23(16)12-14-5-6-17(25-14)15-7-11-24(20-15)10-3-8-19/h5-7,11,16H,2-4,8-10,12H2,1H3. The van der Waals surface area contributed by atoms with E-state index in [0.29, 0.717) is 19.5 Å². The number of aromatic nitrogens is 4. The van der Waals surface area contributed by atoms with E-state index in [4.69, 9.17) is 9.05 Å². The van der Waals surface area contributed by atoms with Gasteiger partial charge in [0.1, 0.15) is 22.8 Å². The molecule has 0 spiro atoms. The first-order valence-corrected chi connectivity index (χ1v) is 8.96. The lowest BCUT2D eigenvalue weighted by Gasteiger charge is -2.21. The Morgan fingerprint density at radius 1 is 1.27 bits per heavy atom. The summed E-state index contributed by atoms with van der Waals surface area (Å²) in [6.45, 7) is 3.86. The maximum Gasteiger partial charge on any atom is 0.154 e. The smallest absolute Gasteiger partial charge is 0.154 e. The fourth-order valence-corrected chi connectivity index (χ4v) is 3.51. The highest BCUT2D eigenvalue weighted by atomic mass is 19.1. The molecule has 0 N–H and O–H groups in total. The van der Waals surface area contributed by atoms with Crippen LogP contribution in [0.15, 0.2) is 33.4 Å². The van der Waals surface area contributed by atoms with Crippen molar-refractivity contribution in [3.05, 3.63) is 41.5 Å². The Bertz CT molecular complexity index is 855. The lowest BCUT2D eigenvalue weighted by Crippen LogP contribution is -2.23. The number of rotatable bonds is 7. The van der Waals surface area contributed by atoms with Gasteiger partial charge in [-0.1, -0.05) is 10.3 Å². The molecule has 8 heteroatoms. The summed E-state index contributed by atoms with van der Waals surface area (Å²) < 4.78 is 24.9. The summed E-state index contributed by atoms with van der Waals surface area (Å²) in [5.41, 5.74) is 2.53. The second kappa shape index (κ2) is 7.41. The molecule has 138 valence electrons. The monoisotopic (exact) mass is 359 g/mol. The Hall–Kier alpha value is -2.48. The average molecular weight is 359 g/mol. The summed E-state index contributed by atoms with van der Waals surface area (Å²) >= 11 is 0. The van der Waals surface area contributed by atoms with Crippen LogP contribution in [-0.2, 0) is 13.1 Å². The molecule has 1 unspecified atom stereocenters. The van der Waals surface area contributed by atoms with Gasteiger partial charge in [0.2, 0.25) is 0 Å². The maximum absolute atomic E-state index is 12.3. The number of furan rings is 1. The molecule has 3 aromatic rings. The van der Waals surface area contributed by atoms with Gasteiger partial charge < -0.3 is 4.42 Å². The summed E-state index contributed by atoms with van der Waals surface area (Å²) in [6.07, 6.45) is 4.48. The predicted octanol–water partition coefficient (Wildman–Crippen LogP) is 3.53. The summed E-state index contributed by atoms with van der Waals surface area (Å²) in [5.74, 6) is 1.62. The third-order valence-corrected chi connectivity index (χ3v) is 4.80. The number of aryl methyl sites for hydroxylation is 2. The van der Waals surface area contributed by atoms with Crippen LogP contribution in [-0.4, -0.2) is 38.2 Å². The van der Waals surface area contributed by atoms with Crippen LogP contribution in [0.5, 0.6) is 0 Å². The van der Waals surface area contributed by atoms with Crippen LogP contribution in [0, 0.1) is 6.92 Å². The first-order chi connectivity index (χ1) is 12.7. The zero-order chi connectivity index (χ0) is 17.9. The van der Waals surface area contributed by atoms with Gasteiger partial charge in [0.15, 0.2) is 5.76 Å². The molecule has 1 fully saturated rings. The number of nitrogens with zero attached hydrogens (tertiary/aromatic N) is 5. The zero-order valence-electron chi connectivity index (χ0n) is 14.8. The molecule has 0 saturated carbocycles. The van der Waals surface area contributed by atoms with Crippen molar-refractivity contribution in [2.45, 2.75) is 45.3 Å². The Kier molecular flexibility index (Phi) is 4.83. The Balaban J connectivity index is 1.45. The number of hydrogen-bond acceptors (Lipinski definition) is 6. The summed E-state index contributed by atoms with van der Waals surface area (Å²) in [5, 5.41) is 12.4. The van der Waals surface area contributed by atoms with E-state index in [2.05, 4.69) is 20.3 Å². The van der Waals surface area contributed by atoms with Gasteiger partial charge in [0, 0.05) is 12.7 Å². The van der Waals surface area contributed by atoms with Gasteiger partial charge in [0.05, 0.1) is 19.3 Å². The fraction of sp³-hybridized carbons (Fsp3) is 0.500. The van der Waals surface area contributed by atoms with E-state index in [0.717, 1.165) is 48.0 Å². The van der Waals surface area contributed by atoms with E-state index in [9.17, 15) is 4.39 Å². The van der Waals surface area contributed by atoms with E-state index < -0.39 is 0 Å². The number of likely N-dealkylation sites (tertiary alicyclic amines) is 1. The summed E-state index contributed by atoms with van der Waals surface area (Å²) in [6, 6.07) is 6.03. The highest BCUT2D eigenvalue weighted by Crippen LogP contribution is 2.34. The minimum atomic E-state index is -0.336. The molecular weight excluding hydrogens is 337 g/mol. The SMILES string of the molecule is Cc1nonc1C1CCCN1Cc1ccc(-c2ccn(CCCF)n2)o1. The van der Waals surface area contributed by atoms with Crippen molar-refractivity contribution >= 4 is 0 Å². The van der Waals surface area contributed by atoms with Gasteiger partial charge in [-0.3, -0.25) is 14.0 Å². The van der Waals surface area contributed by atoms with E-state index >= 15 is 0 Å². The minimum Gasteiger partial charge on any atom is -0.458 e. The number of hydrogen-bond donors (Lipinski definition) is 0. The molecule has 3 aromatic heterocycles. The molecule has 4 rings (SSSR count). The third-order valence-electron chi connectivity index (χ3n) is 4.80.